The minimum absolute atomic E-state index is 0.000000000000000222. The summed E-state index contributed by atoms with van der Waals surface area (Å²) in [6, 6.07) is 0.346. The summed E-state index contributed by atoms with van der Waals surface area (Å²) in [5.74, 6) is 0. The third-order valence-corrected chi connectivity index (χ3v) is 4.34. The number of nitrogens with one attached hydrogen (secondary N) is 1. The van der Waals surface area contributed by atoms with Gasteiger partial charge in [0.05, 0.1) is 22.9 Å². The first-order chi connectivity index (χ1) is 9.08. The first kappa shape index (κ1) is 14.4. The van der Waals surface area contributed by atoms with Crippen molar-refractivity contribution in [3.05, 3.63) is 16.4 Å². The van der Waals surface area contributed by atoms with Gasteiger partial charge in [-0.25, -0.2) is 4.79 Å². The summed E-state index contributed by atoms with van der Waals surface area (Å²) in [6.45, 7) is 0.551. The maximum absolute atomic E-state index is 12.1. The molecular formula is C13H21BrN4O. The Bertz CT molecular complexity index is 420. The zero-order chi connectivity index (χ0) is 13.8. The lowest BCUT2D eigenvalue weighted by Crippen LogP contribution is -2.43. The van der Waals surface area contributed by atoms with Gasteiger partial charge in [-0.15, -0.1) is 0 Å². The van der Waals surface area contributed by atoms with E-state index in [1.165, 1.54) is 19.3 Å². The Balaban J connectivity index is 1.88. The second-order valence-electron chi connectivity index (χ2n) is 5.20. The molecule has 2 amide bonds. The van der Waals surface area contributed by atoms with Crippen molar-refractivity contribution in [2.75, 3.05) is 7.05 Å². The number of rotatable bonds is 3. The van der Waals surface area contributed by atoms with Crippen LogP contribution in [0.15, 0.2) is 10.7 Å². The molecule has 0 bridgehead atoms. The molecule has 0 spiro atoms. The fourth-order valence-corrected chi connectivity index (χ4v) is 2.92. The maximum atomic E-state index is 12.1. The van der Waals surface area contributed by atoms with Crippen molar-refractivity contribution < 1.29 is 4.79 Å². The molecule has 0 radical (unpaired) electrons. The lowest BCUT2D eigenvalue weighted by molar-refractivity contribution is 0.197. The predicted molar refractivity (Wildman–Crippen MR) is 77.8 cm³/mol. The van der Waals surface area contributed by atoms with Crippen molar-refractivity contribution in [2.24, 2.45) is 7.05 Å². The second kappa shape index (κ2) is 6.41. The molecule has 1 aromatic heterocycles. The van der Waals surface area contributed by atoms with E-state index in [9.17, 15) is 4.79 Å². The summed E-state index contributed by atoms with van der Waals surface area (Å²) in [7, 11) is 3.70. The van der Waals surface area contributed by atoms with Gasteiger partial charge in [-0.3, -0.25) is 4.68 Å². The Morgan fingerprint density at radius 1 is 1.53 bits per heavy atom. The molecule has 5 nitrogen and oxygen atoms in total. The topological polar surface area (TPSA) is 50.2 Å². The smallest absolute Gasteiger partial charge is 0.317 e. The molecule has 1 heterocycles. The van der Waals surface area contributed by atoms with Gasteiger partial charge in [0.1, 0.15) is 0 Å². The molecule has 1 aromatic rings. The Labute approximate surface area is 122 Å². The van der Waals surface area contributed by atoms with Gasteiger partial charge in [0.25, 0.3) is 0 Å². The molecular weight excluding hydrogens is 308 g/mol. The lowest BCUT2D eigenvalue weighted by atomic mass is 9.96. The highest BCUT2D eigenvalue weighted by molar-refractivity contribution is 9.10. The average molecular weight is 329 g/mol. The van der Waals surface area contributed by atoms with Crippen LogP contribution in [0.4, 0.5) is 4.79 Å². The fraction of sp³-hybridized carbons (Fsp3) is 0.692. The molecule has 0 saturated heterocycles. The van der Waals surface area contributed by atoms with E-state index in [0.29, 0.717) is 12.6 Å². The monoisotopic (exact) mass is 328 g/mol. The molecule has 106 valence electrons. The third kappa shape index (κ3) is 3.72. The number of nitrogens with zero attached hydrogens (tertiary/aromatic N) is 3. The molecule has 19 heavy (non-hydrogen) atoms. The Kier molecular flexibility index (Phi) is 4.85. The van der Waals surface area contributed by atoms with Crippen LogP contribution in [0.2, 0.25) is 0 Å². The molecule has 0 unspecified atom stereocenters. The van der Waals surface area contributed by atoms with E-state index in [1.807, 2.05) is 14.1 Å². The van der Waals surface area contributed by atoms with Gasteiger partial charge in [-0.2, -0.15) is 5.10 Å². The summed E-state index contributed by atoms with van der Waals surface area (Å²) < 4.78 is 2.72. The molecule has 6 heteroatoms. The number of aryl methyl sites for hydroxylation is 1. The van der Waals surface area contributed by atoms with E-state index < -0.39 is 0 Å². The maximum Gasteiger partial charge on any atom is 0.317 e. The zero-order valence-corrected chi connectivity index (χ0v) is 13.1. The fourth-order valence-electron chi connectivity index (χ4n) is 2.44. The van der Waals surface area contributed by atoms with Crippen LogP contribution in [-0.2, 0) is 13.6 Å². The molecule has 0 aromatic carbocycles. The van der Waals surface area contributed by atoms with Crippen molar-refractivity contribution in [1.82, 2.24) is 20.0 Å². The van der Waals surface area contributed by atoms with E-state index >= 15 is 0 Å². The van der Waals surface area contributed by atoms with Gasteiger partial charge in [0.15, 0.2) is 0 Å². The minimum Gasteiger partial charge on any atom is -0.335 e. The molecule has 0 aliphatic heterocycles. The van der Waals surface area contributed by atoms with Crippen LogP contribution < -0.4 is 5.32 Å². The number of carbonyl (C=O) groups is 1. The van der Waals surface area contributed by atoms with Gasteiger partial charge in [0.2, 0.25) is 0 Å². The van der Waals surface area contributed by atoms with Crippen LogP contribution >= 0.6 is 15.9 Å². The van der Waals surface area contributed by atoms with Crippen LogP contribution in [0.1, 0.15) is 37.8 Å². The number of aromatic nitrogens is 2. The van der Waals surface area contributed by atoms with Crippen molar-refractivity contribution in [3.8, 4) is 0 Å². The summed E-state index contributed by atoms with van der Waals surface area (Å²) in [5.41, 5.74) is 1.00. The van der Waals surface area contributed by atoms with Crippen LogP contribution in [-0.4, -0.2) is 33.8 Å². The van der Waals surface area contributed by atoms with Crippen LogP contribution in [0, 0.1) is 0 Å². The van der Waals surface area contributed by atoms with E-state index in [1.54, 1.807) is 15.8 Å². The second-order valence-corrected chi connectivity index (χ2v) is 6.06. The van der Waals surface area contributed by atoms with Crippen LogP contribution in [0.3, 0.4) is 0 Å². The molecule has 1 aliphatic carbocycles. The number of hydrogen-bond acceptors (Lipinski definition) is 2. The van der Waals surface area contributed by atoms with Crippen LogP contribution in [0.5, 0.6) is 0 Å². The summed E-state index contributed by atoms with van der Waals surface area (Å²) in [5, 5.41) is 7.27. The first-order valence-electron chi connectivity index (χ1n) is 6.76. The van der Waals surface area contributed by atoms with Gasteiger partial charge in [-0.1, -0.05) is 19.3 Å². The van der Waals surface area contributed by atoms with Gasteiger partial charge in [-0.05, 0) is 28.8 Å². The number of carbonyl (C=O) groups excluding carboxylic acids is 1. The molecule has 1 fully saturated rings. The van der Waals surface area contributed by atoms with Crippen molar-refractivity contribution in [2.45, 2.75) is 44.7 Å². The van der Waals surface area contributed by atoms with Crippen molar-refractivity contribution in [1.29, 1.82) is 0 Å². The number of hydrogen-bond donors (Lipinski definition) is 1. The first-order valence-corrected chi connectivity index (χ1v) is 7.55. The van der Waals surface area contributed by atoms with E-state index in [2.05, 4.69) is 26.3 Å². The Morgan fingerprint density at radius 3 is 2.79 bits per heavy atom. The lowest BCUT2D eigenvalue weighted by Gasteiger charge is -2.26. The zero-order valence-electron chi connectivity index (χ0n) is 11.5. The van der Waals surface area contributed by atoms with E-state index in [4.69, 9.17) is 0 Å². The molecule has 2 rings (SSSR count). The molecule has 0 atom stereocenters. The third-order valence-electron chi connectivity index (χ3n) is 3.68. The van der Waals surface area contributed by atoms with Crippen molar-refractivity contribution in [3.63, 3.8) is 0 Å². The Morgan fingerprint density at radius 2 is 2.21 bits per heavy atom. The summed E-state index contributed by atoms with van der Waals surface area (Å²) >= 11 is 3.45. The van der Waals surface area contributed by atoms with Crippen molar-refractivity contribution >= 4 is 22.0 Å². The largest absolute Gasteiger partial charge is 0.335 e. The number of halogens is 1. The summed E-state index contributed by atoms with van der Waals surface area (Å²) in [4.78, 5) is 13.8. The highest BCUT2D eigenvalue weighted by Crippen LogP contribution is 2.19. The Hall–Kier alpha value is -1.04. The van der Waals surface area contributed by atoms with Gasteiger partial charge < -0.3 is 10.2 Å². The highest BCUT2D eigenvalue weighted by atomic mass is 79.9. The van der Waals surface area contributed by atoms with E-state index in [-0.39, 0.29) is 6.03 Å². The number of amides is 2. The molecule has 1 saturated carbocycles. The van der Waals surface area contributed by atoms with Crippen LogP contribution in [0.25, 0.3) is 0 Å². The SMILES string of the molecule is CN(Cc1c(Br)cnn1C)C(=O)NC1CCCCC1. The normalized spacial score (nSPS) is 16.4. The van der Waals surface area contributed by atoms with Gasteiger partial charge >= 0.3 is 6.03 Å². The average Bonchev–Trinajstić information content (AvgIpc) is 2.71. The standard InChI is InChI=1S/C13H21BrN4O/c1-17(9-12-11(14)8-15-18(12)2)13(19)16-10-6-4-3-5-7-10/h8,10H,3-7,9H2,1-2H3,(H,16,19). The summed E-state index contributed by atoms with van der Waals surface area (Å²) in [6.07, 6.45) is 7.71. The van der Waals surface area contributed by atoms with E-state index in [0.717, 1.165) is 23.0 Å². The quantitative estimate of drug-likeness (QED) is 0.927. The predicted octanol–water partition coefficient (Wildman–Crippen LogP) is 2.66. The molecule has 1 N–H and O–H groups in total. The number of urea groups is 1. The minimum atomic E-state index is 0.000000000000000222. The van der Waals surface area contributed by atoms with Gasteiger partial charge in [0, 0.05) is 20.1 Å². The highest BCUT2D eigenvalue weighted by Gasteiger charge is 2.19. The molecule has 1 aliphatic rings.